The van der Waals surface area contributed by atoms with Crippen molar-refractivity contribution in [1.29, 1.82) is 0 Å². The van der Waals surface area contributed by atoms with E-state index in [0.717, 1.165) is 18.7 Å². The predicted molar refractivity (Wildman–Crippen MR) is 79.7 cm³/mol. The second-order valence-electron chi connectivity index (χ2n) is 5.60. The van der Waals surface area contributed by atoms with Gasteiger partial charge in [-0.3, -0.25) is 9.69 Å². The van der Waals surface area contributed by atoms with Gasteiger partial charge >= 0.3 is 5.97 Å². The highest BCUT2D eigenvalue weighted by Crippen LogP contribution is 2.21. The fourth-order valence-corrected chi connectivity index (χ4v) is 2.73. The van der Waals surface area contributed by atoms with Gasteiger partial charge in [0.2, 0.25) is 0 Å². The van der Waals surface area contributed by atoms with Gasteiger partial charge in [0.05, 0.1) is 13.0 Å². The smallest absolute Gasteiger partial charge is 0.314 e. The highest BCUT2D eigenvalue weighted by Gasteiger charge is 2.29. The Morgan fingerprint density at radius 1 is 1.40 bits per heavy atom. The Morgan fingerprint density at radius 2 is 2.10 bits per heavy atom. The van der Waals surface area contributed by atoms with Crippen molar-refractivity contribution in [2.45, 2.75) is 31.8 Å². The highest BCUT2D eigenvalue weighted by atomic mass is 16.5. The molecule has 4 heteroatoms. The van der Waals surface area contributed by atoms with Gasteiger partial charge in [0, 0.05) is 31.7 Å². The maximum Gasteiger partial charge on any atom is 0.314 e. The zero-order chi connectivity index (χ0) is 14.5. The molecule has 1 saturated heterocycles. The van der Waals surface area contributed by atoms with Crippen molar-refractivity contribution < 1.29 is 9.53 Å². The Labute approximate surface area is 121 Å². The van der Waals surface area contributed by atoms with Crippen molar-refractivity contribution >= 4 is 5.97 Å². The zero-order valence-electron chi connectivity index (χ0n) is 12.5. The number of methoxy groups -OCH3 is 1. The van der Waals surface area contributed by atoms with Crippen LogP contribution in [0.2, 0.25) is 0 Å². The molecular weight excluding hydrogens is 252 g/mol. The number of carbonyl (C=O) groups excluding carboxylic acids is 1. The molecule has 1 aromatic carbocycles. The average Bonchev–Trinajstić information content (AvgIpc) is 2.48. The Kier molecular flexibility index (Phi) is 5.15. The Hall–Kier alpha value is -1.39. The summed E-state index contributed by atoms with van der Waals surface area (Å²) in [6, 6.07) is 10.8. The average molecular weight is 276 g/mol. The van der Waals surface area contributed by atoms with Crippen molar-refractivity contribution in [2.75, 3.05) is 26.7 Å². The van der Waals surface area contributed by atoms with Gasteiger partial charge in [-0.05, 0) is 19.4 Å². The second-order valence-corrected chi connectivity index (χ2v) is 5.60. The van der Waals surface area contributed by atoms with Crippen LogP contribution in [-0.2, 0) is 9.53 Å². The van der Waals surface area contributed by atoms with Gasteiger partial charge in [-0.15, -0.1) is 0 Å². The number of carbonyl (C=O) groups is 1. The molecule has 1 aliphatic heterocycles. The van der Waals surface area contributed by atoms with Crippen LogP contribution in [0.5, 0.6) is 0 Å². The van der Waals surface area contributed by atoms with E-state index in [2.05, 4.69) is 24.1 Å². The number of piperazine rings is 1. The lowest BCUT2D eigenvalue weighted by molar-refractivity contribution is -0.143. The van der Waals surface area contributed by atoms with E-state index in [0.29, 0.717) is 18.6 Å². The highest BCUT2D eigenvalue weighted by molar-refractivity contribution is 5.78. The van der Waals surface area contributed by atoms with E-state index in [4.69, 9.17) is 4.74 Å². The van der Waals surface area contributed by atoms with Crippen molar-refractivity contribution in [3.63, 3.8) is 0 Å². The Bertz CT molecular complexity index is 435. The van der Waals surface area contributed by atoms with Crippen LogP contribution in [0.25, 0.3) is 0 Å². The molecular formula is C16H24N2O2. The number of benzene rings is 1. The number of ether oxygens (including phenoxy) is 1. The van der Waals surface area contributed by atoms with Crippen LogP contribution in [0.1, 0.15) is 25.3 Å². The van der Waals surface area contributed by atoms with E-state index in [1.807, 2.05) is 30.3 Å². The quantitative estimate of drug-likeness (QED) is 0.849. The molecule has 1 aromatic rings. The number of rotatable bonds is 4. The molecule has 4 nitrogen and oxygen atoms in total. The zero-order valence-corrected chi connectivity index (χ0v) is 12.5. The molecule has 0 bridgehead atoms. The van der Waals surface area contributed by atoms with Gasteiger partial charge in [0.1, 0.15) is 0 Å². The molecule has 1 fully saturated rings. The fourth-order valence-electron chi connectivity index (χ4n) is 2.73. The van der Waals surface area contributed by atoms with Crippen molar-refractivity contribution in [3.05, 3.63) is 35.9 Å². The molecule has 110 valence electrons. The minimum absolute atomic E-state index is 0.158. The third-order valence-corrected chi connectivity index (χ3v) is 4.00. The van der Waals surface area contributed by atoms with Crippen LogP contribution in [-0.4, -0.2) is 49.7 Å². The molecule has 3 atom stereocenters. The Morgan fingerprint density at radius 3 is 2.75 bits per heavy atom. The summed E-state index contributed by atoms with van der Waals surface area (Å²) in [5, 5.41) is 3.46. The molecule has 3 unspecified atom stereocenters. The molecule has 2 rings (SSSR count). The first-order valence-electron chi connectivity index (χ1n) is 7.22. The van der Waals surface area contributed by atoms with Crippen molar-refractivity contribution in [2.24, 2.45) is 0 Å². The lowest BCUT2D eigenvalue weighted by atomic mass is 9.97. The standard InChI is InChI=1S/C16H24N2O2/c1-12-10-18(13(2)9-17-12)11-15(16(19)20-3)14-7-5-4-6-8-14/h4-8,12-13,15,17H,9-11H2,1-3H3. The van der Waals surface area contributed by atoms with E-state index < -0.39 is 0 Å². The normalized spacial score (nSPS) is 25.1. The molecule has 1 N–H and O–H groups in total. The number of hydrogen-bond donors (Lipinski definition) is 1. The lowest BCUT2D eigenvalue weighted by Gasteiger charge is -2.39. The van der Waals surface area contributed by atoms with Crippen LogP contribution in [0.3, 0.4) is 0 Å². The first kappa shape index (κ1) is 15.0. The molecule has 0 aliphatic carbocycles. The van der Waals surface area contributed by atoms with Crippen molar-refractivity contribution in [3.8, 4) is 0 Å². The van der Waals surface area contributed by atoms with E-state index in [9.17, 15) is 4.79 Å². The number of nitrogens with zero attached hydrogens (tertiary/aromatic N) is 1. The summed E-state index contributed by atoms with van der Waals surface area (Å²) in [5.74, 6) is -0.372. The Balaban J connectivity index is 2.14. The van der Waals surface area contributed by atoms with Gasteiger partial charge in [-0.1, -0.05) is 30.3 Å². The number of nitrogens with one attached hydrogen (secondary N) is 1. The third kappa shape index (κ3) is 3.58. The maximum atomic E-state index is 12.1. The fraction of sp³-hybridized carbons (Fsp3) is 0.562. The molecule has 0 amide bonds. The van der Waals surface area contributed by atoms with E-state index in [-0.39, 0.29) is 11.9 Å². The summed E-state index contributed by atoms with van der Waals surface area (Å²) >= 11 is 0. The van der Waals surface area contributed by atoms with Crippen LogP contribution < -0.4 is 5.32 Å². The first-order chi connectivity index (χ1) is 9.61. The largest absolute Gasteiger partial charge is 0.469 e. The summed E-state index contributed by atoms with van der Waals surface area (Å²) in [6.45, 7) is 7.00. The topological polar surface area (TPSA) is 41.6 Å². The molecule has 1 aliphatic rings. The van der Waals surface area contributed by atoms with Crippen LogP contribution in [0.15, 0.2) is 30.3 Å². The lowest BCUT2D eigenvalue weighted by Crippen LogP contribution is -2.55. The number of esters is 1. The predicted octanol–water partition coefficient (Wildman–Crippen LogP) is 1.63. The van der Waals surface area contributed by atoms with Gasteiger partial charge in [-0.25, -0.2) is 0 Å². The van der Waals surface area contributed by atoms with Crippen LogP contribution in [0.4, 0.5) is 0 Å². The van der Waals surface area contributed by atoms with Gasteiger partial charge in [-0.2, -0.15) is 0 Å². The van der Waals surface area contributed by atoms with E-state index in [1.165, 1.54) is 7.11 Å². The second kappa shape index (κ2) is 6.86. The SMILES string of the molecule is COC(=O)C(CN1CC(C)NCC1C)c1ccccc1. The molecule has 20 heavy (non-hydrogen) atoms. The minimum atomic E-state index is -0.214. The molecule has 1 heterocycles. The minimum Gasteiger partial charge on any atom is -0.469 e. The molecule has 0 aromatic heterocycles. The number of hydrogen-bond acceptors (Lipinski definition) is 4. The van der Waals surface area contributed by atoms with Gasteiger partial charge < -0.3 is 10.1 Å². The summed E-state index contributed by atoms with van der Waals surface area (Å²) in [7, 11) is 1.46. The van der Waals surface area contributed by atoms with Gasteiger partial charge in [0.15, 0.2) is 0 Å². The van der Waals surface area contributed by atoms with Crippen molar-refractivity contribution in [1.82, 2.24) is 10.2 Å². The molecule has 0 saturated carbocycles. The molecule has 0 spiro atoms. The summed E-state index contributed by atoms with van der Waals surface area (Å²) in [6.07, 6.45) is 0. The summed E-state index contributed by atoms with van der Waals surface area (Å²) in [5.41, 5.74) is 1.03. The van der Waals surface area contributed by atoms with Gasteiger partial charge in [0.25, 0.3) is 0 Å². The first-order valence-corrected chi connectivity index (χ1v) is 7.22. The summed E-state index contributed by atoms with van der Waals surface area (Å²) in [4.78, 5) is 14.5. The monoisotopic (exact) mass is 276 g/mol. The van der Waals surface area contributed by atoms with E-state index >= 15 is 0 Å². The maximum absolute atomic E-state index is 12.1. The van der Waals surface area contributed by atoms with Crippen LogP contribution >= 0.6 is 0 Å². The molecule has 0 radical (unpaired) electrons. The van der Waals surface area contributed by atoms with E-state index in [1.54, 1.807) is 0 Å². The third-order valence-electron chi connectivity index (χ3n) is 4.00. The van der Waals surface area contributed by atoms with Crippen LogP contribution in [0, 0.1) is 0 Å². The summed E-state index contributed by atoms with van der Waals surface area (Å²) < 4.78 is 4.99.